The van der Waals surface area contributed by atoms with Gasteiger partial charge in [-0.05, 0) is 17.5 Å². The Bertz CT molecular complexity index is 395. The smallest absolute Gasteiger partial charge is 0.162 e. The molecule has 0 aliphatic heterocycles. The average Bonchev–Trinajstić information content (AvgIpc) is 2.28. The summed E-state index contributed by atoms with van der Waals surface area (Å²) < 4.78 is 5.81. The van der Waals surface area contributed by atoms with Crippen molar-refractivity contribution in [1.82, 2.24) is 0 Å². The molecular formula is C15H24O2Si. The second-order valence-electron chi connectivity index (χ2n) is 6.12. The lowest BCUT2D eigenvalue weighted by atomic mass is 10.2. The maximum atomic E-state index is 11.9. The first-order chi connectivity index (χ1) is 8.27. The van der Waals surface area contributed by atoms with Crippen LogP contribution in [0.2, 0.25) is 11.6 Å². The van der Waals surface area contributed by atoms with E-state index in [-0.39, 0.29) is 5.04 Å². The van der Waals surface area contributed by atoms with E-state index in [2.05, 4.69) is 27.3 Å². The third-order valence-corrected chi connectivity index (χ3v) is 9.58. The van der Waals surface area contributed by atoms with Crippen LogP contribution in [0.4, 0.5) is 0 Å². The van der Waals surface area contributed by atoms with Crippen LogP contribution < -0.4 is 0 Å². The molecule has 1 aromatic carbocycles. The minimum atomic E-state index is -2.04. The highest BCUT2D eigenvalue weighted by atomic mass is 28.3. The van der Waals surface area contributed by atoms with E-state index in [1.165, 1.54) is 0 Å². The van der Waals surface area contributed by atoms with Crippen LogP contribution in [0.5, 0.6) is 0 Å². The number of benzene rings is 1. The fraction of sp³-hybridized carbons (Fsp3) is 0.533. The summed E-state index contributed by atoms with van der Waals surface area (Å²) >= 11 is 0. The number of carbonyl (C=O) groups excluding carboxylic acids is 1. The number of hydrogen-bond acceptors (Lipinski definition) is 2. The van der Waals surface area contributed by atoms with Crippen LogP contribution in [-0.2, 0) is 16.1 Å². The molecule has 0 saturated carbocycles. The Morgan fingerprint density at radius 1 is 1.22 bits per heavy atom. The summed E-state index contributed by atoms with van der Waals surface area (Å²) in [6.45, 7) is 10.9. The van der Waals surface area contributed by atoms with Gasteiger partial charge in [-0.2, -0.15) is 0 Å². The topological polar surface area (TPSA) is 26.3 Å². The van der Waals surface area contributed by atoms with Crippen LogP contribution in [0.3, 0.4) is 0 Å². The van der Waals surface area contributed by atoms with Crippen molar-refractivity contribution >= 4 is 13.5 Å². The highest BCUT2D eigenvalue weighted by Crippen LogP contribution is 2.36. The first kappa shape index (κ1) is 15.1. The molecule has 0 spiro atoms. The van der Waals surface area contributed by atoms with E-state index in [9.17, 15) is 4.79 Å². The number of hydrogen-bond donors (Lipinski definition) is 0. The predicted octanol–water partition coefficient (Wildman–Crippen LogP) is 3.75. The van der Waals surface area contributed by atoms with Crippen molar-refractivity contribution in [2.75, 3.05) is 6.23 Å². The first-order valence-corrected chi connectivity index (χ1v) is 9.11. The molecule has 100 valence electrons. The molecule has 0 heterocycles. The molecule has 0 aliphatic carbocycles. The Morgan fingerprint density at radius 2 is 1.78 bits per heavy atom. The van der Waals surface area contributed by atoms with Crippen molar-refractivity contribution in [2.24, 2.45) is 0 Å². The third kappa shape index (κ3) is 3.53. The van der Waals surface area contributed by atoms with Gasteiger partial charge in [-0.15, -0.1) is 0 Å². The van der Waals surface area contributed by atoms with E-state index in [0.717, 1.165) is 5.56 Å². The Hall–Kier alpha value is -0.933. The van der Waals surface area contributed by atoms with Crippen molar-refractivity contribution in [2.45, 2.75) is 45.9 Å². The molecule has 1 rings (SSSR count). The number of rotatable bonds is 5. The number of ether oxygens (including phenoxy) is 1. The minimum absolute atomic E-state index is 0.0372. The van der Waals surface area contributed by atoms with Crippen molar-refractivity contribution in [3.63, 3.8) is 0 Å². The van der Waals surface area contributed by atoms with Crippen molar-refractivity contribution in [1.29, 1.82) is 0 Å². The fourth-order valence-corrected chi connectivity index (χ4v) is 4.00. The van der Waals surface area contributed by atoms with Crippen LogP contribution in [0.25, 0.3) is 0 Å². The fourth-order valence-electron chi connectivity index (χ4n) is 1.79. The Balaban J connectivity index is 2.62. The minimum Gasteiger partial charge on any atom is -0.379 e. The summed E-state index contributed by atoms with van der Waals surface area (Å²) in [4.78, 5) is 11.9. The lowest BCUT2D eigenvalue weighted by molar-refractivity contribution is -0.111. The lowest BCUT2D eigenvalue weighted by Gasteiger charge is -2.37. The van der Waals surface area contributed by atoms with E-state index < -0.39 is 8.07 Å². The van der Waals surface area contributed by atoms with Gasteiger partial charge in [-0.3, -0.25) is 0 Å². The molecule has 1 atom stereocenters. The molecule has 0 amide bonds. The summed E-state index contributed by atoms with van der Waals surface area (Å²) in [7, 11) is -2.04. The molecule has 0 unspecified atom stereocenters. The van der Waals surface area contributed by atoms with Crippen molar-refractivity contribution < 1.29 is 9.53 Å². The first-order valence-electron chi connectivity index (χ1n) is 6.40. The molecule has 18 heavy (non-hydrogen) atoms. The lowest BCUT2D eigenvalue weighted by Crippen LogP contribution is -2.52. The summed E-state index contributed by atoms with van der Waals surface area (Å²) in [5.41, 5.74) is 1.16. The van der Waals surface area contributed by atoms with Gasteiger partial charge in [0.05, 0.1) is 6.61 Å². The summed E-state index contributed by atoms with van der Waals surface area (Å²) in [6, 6.07) is 10.1. The maximum absolute atomic E-state index is 11.9. The van der Waals surface area contributed by atoms with Gasteiger partial charge >= 0.3 is 0 Å². The SMILES string of the molecule is CC(=O)[Si@@](C)(COCc1ccccc1)C(C)(C)C. The second-order valence-corrected chi connectivity index (χ2v) is 11.3. The van der Waals surface area contributed by atoms with E-state index in [0.29, 0.717) is 18.2 Å². The quantitative estimate of drug-likeness (QED) is 0.757. The zero-order valence-electron chi connectivity index (χ0n) is 12.1. The number of carbonyl (C=O) groups is 1. The van der Waals surface area contributed by atoms with Gasteiger partial charge in [-0.25, -0.2) is 0 Å². The normalized spacial score (nSPS) is 15.2. The van der Waals surface area contributed by atoms with Gasteiger partial charge in [-0.1, -0.05) is 57.7 Å². The summed E-state index contributed by atoms with van der Waals surface area (Å²) in [5.74, 6) is 0. The zero-order chi connectivity index (χ0) is 13.8. The Labute approximate surface area is 111 Å². The van der Waals surface area contributed by atoms with Crippen LogP contribution in [0.1, 0.15) is 33.3 Å². The highest BCUT2D eigenvalue weighted by molar-refractivity contribution is 7.06. The van der Waals surface area contributed by atoms with Crippen molar-refractivity contribution in [3.05, 3.63) is 35.9 Å². The van der Waals surface area contributed by atoms with Gasteiger partial charge in [0, 0.05) is 6.23 Å². The largest absolute Gasteiger partial charge is 0.379 e. The molecule has 0 bridgehead atoms. The second kappa shape index (κ2) is 5.80. The van der Waals surface area contributed by atoms with Crippen LogP contribution >= 0.6 is 0 Å². The molecular weight excluding hydrogens is 240 g/mol. The van der Waals surface area contributed by atoms with Crippen LogP contribution in [0, 0.1) is 0 Å². The molecule has 0 fully saturated rings. The van der Waals surface area contributed by atoms with Gasteiger partial charge in [0.1, 0.15) is 5.41 Å². The predicted molar refractivity (Wildman–Crippen MR) is 78.1 cm³/mol. The third-order valence-electron chi connectivity index (χ3n) is 3.93. The van der Waals surface area contributed by atoms with Crippen LogP contribution in [-0.4, -0.2) is 19.7 Å². The van der Waals surface area contributed by atoms with E-state index in [1.807, 2.05) is 30.3 Å². The summed E-state index contributed by atoms with van der Waals surface area (Å²) in [6.07, 6.45) is 0.598. The molecule has 0 radical (unpaired) electrons. The molecule has 2 nitrogen and oxygen atoms in total. The van der Waals surface area contributed by atoms with E-state index in [4.69, 9.17) is 4.74 Å². The highest BCUT2D eigenvalue weighted by Gasteiger charge is 2.44. The van der Waals surface area contributed by atoms with Crippen LogP contribution in [0.15, 0.2) is 30.3 Å². The van der Waals surface area contributed by atoms with Crippen molar-refractivity contribution in [3.8, 4) is 0 Å². The monoisotopic (exact) mass is 264 g/mol. The van der Waals surface area contributed by atoms with Gasteiger partial charge in [0.15, 0.2) is 8.07 Å². The molecule has 0 aliphatic rings. The Morgan fingerprint density at radius 3 is 2.22 bits per heavy atom. The molecule has 0 N–H and O–H groups in total. The Kier molecular flexibility index (Phi) is 4.88. The average molecular weight is 264 g/mol. The van der Waals surface area contributed by atoms with E-state index in [1.54, 1.807) is 6.92 Å². The van der Waals surface area contributed by atoms with Gasteiger partial charge < -0.3 is 9.53 Å². The molecule has 0 saturated heterocycles. The molecule has 1 aromatic rings. The standard InChI is InChI=1S/C15H24O2Si/c1-13(16)18(5,15(2,3)4)12-17-11-14-9-7-6-8-10-14/h6-10H,11-12H2,1-5H3/t18-/m1/s1. The van der Waals surface area contributed by atoms with Gasteiger partial charge in [0.2, 0.25) is 0 Å². The summed E-state index contributed by atoms with van der Waals surface area (Å²) in [5, 5.41) is 0.360. The molecule has 0 aromatic heterocycles. The molecule has 3 heteroatoms. The van der Waals surface area contributed by atoms with Gasteiger partial charge in [0.25, 0.3) is 0 Å². The zero-order valence-corrected chi connectivity index (χ0v) is 13.1. The van der Waals surface area contributed by atoms with E-state index >= 15 is 0 Å². The maximum Gasteiger partial charge on any atom is 0.162 e.